The second kappa shape index (κ2) is 11.8. The molecule has 0 amide bonds. The monoisotopic (exact) mass is 325 g/mol. The molecule has 0 bridgehead atoms. The molecular weight excluding hydrogens is 305 g/mol. The lowest BCUT2D eigenvalue weighted by Gasteiger charge is -2.08. The van der Waals surface area contributed by atoms with Crippen LogP contribution in [0.3, 0.4) is 0 Å². The Morgan fingerprint density at radius 3 is 2.37 bits per heavy atom. The second-order valence-corrected chi connectivity index (χ2v) is 5.01. The van der Waals surface area contributed by atoms with E-state index in [-0.39, 0.29) is 12.4 Å². The molecule has 110 valence electrons. The van der Waals surface area contributed by atoms with Gasteiger partial charge in [-0.3, -0.25) is 0 Å². The van der Waals surface area contributed by atoms with Crippen LogP contribution in [-0.2, 0) is 11.3 Å². The van der Waals surface area contributed by atoms with E-state index in [1.165, 1.54) is 6.42 Å². The molecule has 0 atom stereocenters. The van der Waals surface area contributed by atoms with E-state index in [4.69, 9.17) is 27.9 Å². The van der Waals surface area contributed by atoms with Crippen LogP contribution in [0.2, 0.25) is 10.0 Å². The number of unbranched alkanes of at least 4 members (excludes halogenated alkanes) is 1. The van der Waals surface area contributed by atoms with Gasteiger partial charge in [-0.25, -0.2) is 0 Å². The molecule has 0 heterocycles. The van der Waals surface area contributed by atoms with Crippen LogP contribution in [0.1, 0.15) is 31.7 Å². The Balaban J connectivity index is 0.00000324. The molecule has 0 saturated heterocycles. The summed E-state index contributed by atoms with van der Waals surface area (Å²) in [7, 11) is 0. The number of hydrogen-bond acceptors (Lipinski definition) is 2. The summed E-state index contributed by atoms with van der Waals surface area (Å²) in [5, 5.41) is 4.76. The van der Waals surface area contributed by atoms with Gasteiger partial charge in [0.25, 0.3) is 0 Å². The summed E-state index contributed by atoms with van der Waals surface area (Å²) >= 11 is 12.2. The summed E-state index contributed by atoms with van der Waals surface area (Å²) in [5.74, 6) is 0. The van der Waals surface area contributed by atoms with Gasteiger partial charge in [-0.1, -0.05) is 42.6 Å². The summed E-state index contributed by atoms with van der Waals surface area (Å²) in [4.78, 5) is 0. The topological polar surface area (TPSA) is 21.3 Å². The minimum atomic E-state index is 0. The van der Waals surface area contributed by atoms with Crippen LogP contribution < -0.4 is 5.32 Å². The standard InChI is InChI=1S/C14H21Cl2NO.ClH/c1-2-3-9-18-10-5-8-17-11-12-13(15)6-4-7-14(12)16;/h4,6-7,17H,2-3,5,8-11H2,1H3;1H. The average molecular weight is 327 g/mol. The molecule has 0 unspecified atom stereocenters. The predicted molar refractivity (Wildman–Crippen MR) is 85.8 cm³/mol. The maximum Gasteiger partial charge on any atom is 0.0478 e. The highest BCUT2D eigenvalue weighted by molar-refractivity contribution is 6.35. The third kappa shape index (κ3) is 8.01. The fourth-order valence-electron chi connectivity index (χ4n) is 1.56. The van der Waals surface area contributed by atoms with Crippen LogP contribution in [0.15, 0.2) is 18.2 Å². The molecule has 5 heteroatoms. The van der Waals surface area contributed by atoms with Gasteiger partial charge in [-0.15, -0.1) is 12.4 Å². The minimum absolute atomic E-state index is 0. The zero-order chi connectivity index (χ0) is 13.2. The number of ether oxygens (including phenoxy) is 1. The molecule has 1 N–H and O–H groups in total. The molecular formula is C14H22Cl3NO. The number of rotatable bonds is 9. The van der Waals surface area contributed by atoms with Crippen molar-refractivity contribution in [3.8, 4) is 0 Å². The Morgan fingerprint density at radius 1 is 1.11 bits per heavy atom. The van der Waals surface area contributed by atoms with Gasteiger partial charge < -0.3 is 10.1 Å². The van der Waals surface area contributed by atoms with Crippen molar-refractivity contribution in [2.45, 2.75) is 32.7 Å². The van der Waals surface area contributed by atoms with E-state index in [0.717, 1.165) is 38.2 Å². The minimum Gasteiger partial charge on any atom is -0.381 e. The predicted octanol–water partition coefficient (Wildman–Crippen LogP) is 4.71. The first-order valence-corrected chi connectivity index (χ1v) is 7.22. The van der Waals surface area contributed by atoms with Gasteiger partial charge >= 0.3 is 0 Å². The highest BCUT2D eigenvalue weighted by Crippen LogP contribution is 2.23. The average Bonchev–Trinajstić information content (AvgIpc) is 2.35. The molecule has 1 rings (SSSR count). The molecule has 19 heavy (non-hydrogen) atoms. The first-order chi connectivity index (χ1) is 8.75. The summed E-state index contributed by atoms with van der Waals surface area (Å²) in [6.45, 7) is 5.45. The third-order valence-electron chi connectivity index (χ3n) is 2.65. The van der Waals surface area contributed by atoms with Crippen molar-refractivity contribution < 1.29 is 4.74 Å². The summed E-state index contributed by atoms with van der Waals surface area (Å²) < 4.78 is 5.48. The van der Waals surface area contributed by atoms with Gasteiger partial charge in [0.05, 0.1) is 0 Å². The second-order valence-electron chi connectivity index (χ2n) is 4.20. The van der Waals surface area contributed by atoms with E-state index in [9.17, 15) is 0 Å². The Labute approximate surface area is 132 Å². The van der Waals surface area contributed by atoms with Gasteiger partial charge in [0.2, 0.25) is 0 Å². The molecule has 0 aliphatic rings. The van der Waals surface area contributed by atoms with Crippen molar-refractivity contribution in [1.82, 2.24) is 5.32 Å². The Bertz CT molecular complexity index is 327. The fraction of sp³-hybridized carbons (Fsp3) is 0.571. The summed E-state index contributed by atoms with van der Waals surface area (Å²) in [5.41, 5.74) is 0.965. The van der Waals surface area contributed by atoms with E-state index in [1.54, 1.807) is 0 Å². The van der Waals surface area contributed by atoms with Gasteiger partial charge in [0.15, 0.2) is 0 Å². The molecule has 0 spiro atoms. The molecule has 0 aromatic heterocycles. The molecule has 2 nitrogen and oxygen atoms in total. The lowest BCUT2D eigenvalue weighted by Crippen LogP contribution is -2.17. The Kier molecular flexibility index (Phi) is 11.8. The molecule has 0 aliphatic carbocycles. The van der Waals surface area contributed by atoms with E-state index < -0.39 is 0 Å². The quantitative estimate of drug-likeness (QED) is 0.663. The van der Waals surface area contributed by atoms with E-state index in [0.29, 0.717) is 16.6 Å². The third-order valence-corrected chi connectivity index (χ3v) is 3.36. The van der Waals surface area contributed by atoms with Crippen LogP contribution in [0, 0.1) is 0 Å². The molecule has 0 fully saturated rings. The van der Waals surface area contributed by atoms with Gasteiger partial charge in [0, 0.05) is 35.4 Å². The van der Waals surface area contributed by atoms with Crippen LogP contribution >= 0.6 is 35.6 Å². The van der Waals surface area contributed by atoms with Crippen LogP contribution in [0.5, 0.6) is 0 Å². The Morgan fingerprint density at radius 2 is 1.74 bits per heavy atom. The summed E-state index contributed by atoms with van der Waals surface area (Å²) in [6, 6.07) is 5.58. The molecule has 1 aromatic rings. The number of hydrogen-bond donors (Lipinski definition) is 1. The van der Waals surface area contributed by atoms with Crippen molar-refractivity contribution in [2.75, 3.05) is 19.8 Å². The van der Waals surface area contributed by atoms with Crippen molar-refractivity contribution in [2.24, 2.45) is 0 Å². The lowest BCUT2D eigenvalue weighted by atomic mass is 10.2. The lowest BCUT2D eigenvalue weighted by molar-refractivity contribution is 0.129. The van der Waals surface area contributed by atoms with Gasteiger partial charge in [0.1, 0.15) is 0 Å². The molecule has 0 radical (unpaired) electrons. The zero-order valence-corrected chi connectivity index (χ0v) is 13.6. The summed E-state index contributed by atoms with van der Waals surface area (Å²) in [6.07, 6.45) is 3.33. The van der Waals surface area contributed by atoms with Crippen molar-refractivity contribution in [3.05, 3.63) is 33.8 Å². The Hall–Kier alpha value is 0.01000. The molecule has 0 saturated carbocycles. The zero-order valence-electron chi connectivity index (χ0n) is 11.3. The van der Waals surface area contributed by atoms with Crippen molar-refractivity contribution in [1.29, 1.82) is 0 Å². The first kappa shape index (κ1) is 19.0. The van der Waals surface area contributed by atoms with Crippen molar-refractivity contribution in [3.63, 3.8) is 0 Å². The SMILES string of the molecule is CCCCOCCCNCc1c(Cl)cccc1Cl.Cl. The van der Waals surface area contributed by atoms with Crippen LogP contribution in [-0.4, -0.2) is 19.8 Å². The largest absolute Gasteiger partial charge is 0.381 e. The number of nitrogens with one attached hydrogen (secondary N) is 1. The van der Waals surface area contributed by atoms with Crippen LogP contribution in [0.4, 0.5) is 0 Å². The van der Waals surface area contributed by atoms with E-state index >= 15 is 0 Å². The van der Waals surface area contributed by atoms with E-state index in [1.807, 2.05) is 18.2 Å². The highest BCUT2D eigenvalue weighted by atomic mass is 35.5. The first-order valence-electron chi connectivity index (χ1n) is 6.47. The smallest absolute Gasteiger partial charge is 0.0478 e. The number of benzene rings is 1. The maximum atomic E-state index is 6.08. The molecule has 0 aliphatic heterocycles. The van der Waals surface area contributed by atoms with Crippen LogP contribution in [0.25, 0.3) is 0 Å². The van der Waals surface area contributed by atoms with Gasteiger partial charge in [-0.05, 0) is 31.5 Å². The maximum absolute atomic E-state index is 6.08. The van der Waals surface area contributed by atoms with Crippen molar-refractivity contribution >= 4 is 35.6 Å². The normalized spacial score (nSPS) is 10.3. The van der Waals surface area contributed by atoms with Gasteiger partial charge in [-0.2, -0.15) is 0 Å². The highest BCUT2D eigenvalue weighted by Gasteiger charge is 2.03. The fourth-order valence-corrected chi connectivity index (χ4v) is 2.09. The van der Waals surface area contributed by atoms with E-state index in [2.05, 4.69) is 12.2 Å². The number of halogens is 3. The molecule has 1 aromatic carbocycles.